The first kappa shape index (κ1) is 15.7. The topological polar surface area (TPSA) is 88.6 Å². The van der Waals surface area contributed by atoms with Gasteiger partial charge in [-0.25, -0.2) is 9.78 Å². The molecule has 2 aromatic carbocycles. The molecule has 6 heteroatoms. The van der Waals surface area contributed by atoms with Gasteiger partial charge in [0, 0.05) is 0 Å². The van der Waals surface area contributed by atoms with Crippen LogP contribution in [0.5, 0.6) is 5.75 Å². The lowest BCUT2D eigenvalue weighted by Gasteiger charge is -2.09. The average Bonchev–Trinajstić information content (AvgIpc) is 2.60. The quantitative estimate of drug-likeness (QED) is 0.728. The van der Waals surface area contributed by atoms with Crippen LogP contribution in [0.25, 0.3) is 10.9 Å². The minimum atomic E-state index is -0.471. The minimum absolute atomic E-state index is 0.00563. The van der Waals surface area contributed by atoms with E-state index in [0.29, 0.717) is 29.6 Å². The summed E-state index contributed by atoms with van der Waals surface area (Å²) in [5.41, 5.74) is 7.11. The number of para-hydroxylation sites is 2. The molecule has 0 radical (unpaired) electrons. The van der Waals surface area contributed by atoms with Crippen molar-refractivity contribution in [2.45, 2.75) is 13.5 Å². The van der Waals surface area contributed by atoms with Crippen LogP contribution in [0.4, 0.5) is 5.82 Å². The van der Waals surface area contributed by atoms with Crippen molar-refractivity contribution in [2.24, 2.45) is 0 Å². The Bertz CT molecular complexity index is 880. The second kappa shape index (κ2) is 6.95. The summed E-state index contributed by atoms with van der Waals surface area (Å²) in [5.74, 6) is 0.996. The van der Waals surface area contributed by atoms with Crippen molar-refractivity contribution in [1.29, 1.82) is 0 Å². The number of ether oxygens (including phenoxy) is 2. The maximum atomic E-state index is 12.3. The molecule has 6 nitrogen and oxygen atoms in total. The Labute approximate surface area is 139 Å². The van der Waals surface area contributed by atoms with Gasteiger partial charge in [-0.1, -0.05) is 24.3 Å². The number of carbonyl (C=O) groups excluding carboxylic acids is 1. The van der Waals surface area contributed by atoms with Gasteiger partial charge in [0.15, 0.2) is 12.1 Å². The van der Waals surface area contributed by atoms with Gasteiger partial charge in [-0.2, -0.15) is 0 Å². The number of aromatic amines is 1. The van der Waals surface area contributed by atoms with Crippen molar-refractivity contribution in [3.05, 3.63) is 59.9 Å². The molecule has 3 rings (SSSR count). The molecule has 0 atom stereocenters. The summed E-state index contributed by atoms with van der Waals surface area (Å²) in [6.45, 7) is 2.33. The molecule has 3 aromatic rings. The standard InChI is InChI=1S/C18H17N3O3/c1-2-23-15-10-6-4-8-13(15)18(22)24-11-16-20-14-9-5-3-7-12(14)17(19)21-16/h3-10H,2,11H2,1H3,(H2,19,20,21)/p+1. The fourth-order valence-electron chi connectivity index (χ4n) is 2.39. The Hall–Kier alpha value is -3.15. The number of fused-ring (bicyclic) bond motifs is 1. The highest BCUT2D eigenvalue weighted by atomic mass is 16.5. The van der Waals surface area contributed by atoms with Crippen LogP contribution in [0, 0.1) is 0 Å². The Morgan fingerprint density at radius 1 is 1.17 bits per heavy atom. The second-order valence-corrected chi connectivity index (χ2v) is 5.12. The Morgan fingerprint density at radius 2 is 1.92 bits per heavy atom. The number of H-pyrrole nitrogens is 1. The number of aromatic nitrogens is 2. The molecule has 0 saturated heterocycles. The molecule has 1 heterocycles. The summed E-state index contributed by atoms with van der Waals surface area (Å²) in [5, 5.41) is 0.828. The van der Waals surface area contributed by atoms with Crippen molar-refractivity contribution in [2.75, 3.05) is 12.3 Å². The van der Waals surface area contributed by atoms with E-state index < -0.39 is 5.97 Å². The summed E-state index contributed by atoms with van der Waals surface area (Å²) in [7, 11) is 0. The number of hydrogen-bond donors (Lipinski definition) is 1. The molecule has 1 aromatic heterocycles. The average molecular weight is 324 g/mol. The van der Waals surface area contributed by atoms with E-state index >= 15 is 0 Å². The maximum absolute atomic E-state index is 12.3. The molecular formula is C18H18N3O3+. The molecule has 0 amide bonds. The number of rotatable bonds is 5. The molecule has 3 N–H and O–H groups in total. The van der Waals surface area contributed by atoms with Crippen molar-refractivity contribution < 1.29 is 19.3 Å². The molecule has 122 valence electrons. The zero-order valence-corrected chi connectivity index (χ0v) is 13.3. The van der Waals surface area contributed by atoms with Crippen molar-refractivity contribution in [3.8, 4) is 5.75 Å². The highest BCUT2D eigenvalue weighted by Gasteiger charge is 2.16. The summed E-state index contributed by atoms with van der Waals surface area (Å²) in [6, 6.07) is 14.5. The second-order valence-electron chi connectivity index (χ2n) is 5.12. The predicted octanol–water partition coefficient (Wildman–Crippen LogP) is 2.39. The number of nitrogens with zero attached hydrogens (tertiary/aromatic N) is 1. The van der Waals surface area contributed by atoms with Gasteiger partial charge in [-0.15, -0.1) is 4.98 Å². The molecule has 0 fully saturated rings. The molecule has 0 aliphatic rings. The minimum Gasteiger partial charge on any atom is -0.493 e. The first-order valence-corrected chi connectivity index (χ1v) is 7.64. The van der Waals surface area contributed by atoms with Crippen LogP contribution in [-0.4, -0.2) is 17.6 Å². The molecule has 24 heavy (non-hydrogen) atoms. The third-order valence-corrected chi connectivity index (χ3v) is 3.48. The predicted molar refractivity (Wildman–Crippen MR) is 89.4 cm³/mol. The van der Waals surface area contributed by atoms with Gasteiger partial charge in [0.1, 0.15) is 11.3 Å². The van der Waals surface area contributed by atoms with E-state index in [1.165, 1.54) is 0 Å². The van der Waals surface area contributed by atoms with E-state index in [-0.39, 0.29) is 6.61 Å². The van der Waals surface area contributed by atoms with Gasteiger partial charge in [0.05, 0.1) is 12.0 Å². The lowest BCUT2D eigenvalue weighted by Crippen LogP contribution is -2.21. The van der Waals surface area contributed by atoms with E-state index in [9.17, 15) is 4.79 Å². The zero-order valence-electron chi connectivity index (χ0n) is 13.3. The Morgan fingerprint density at radius 3 is 2.75 bits per heavy atom. The fraction of sp³-hybridized carbons (Fsp3) is 0.167. The Balaban J connectivity index is 1.77. The van der Waals surface area contributed by atoms with Crippen molar-refractivity contribution in [3.63, 3.8) is 0 Å². The zero-order chi connectivity index (χ0) is 16.9. The van der Waals surface area contributed by atoms with Crippen LogP contribution in [0.2, 0.25) is 0 Å². The number of anilines is 1. The number of hydrogen-bond acceptors (Lipinski definition) is 5. The molecule has 0 spiro atoms. The van der Waals surface area contributed by atoms with Gasteiger partial charge >= 0.3 is 5.97 Å². The smallest absolute Gasteiger partial charge is 0.342 e. The lowest BCUT2D eigenvalue weighted by molar-refractivity contribution is -0.381. The molecule has 0 aliphatic heterocycles. The molecular weight excluding hydrogens is 306 g/mol. The fourth-order valence-corrected chi connectivity index (χ4v) is 2.39. The normalized spacial score (nSPS) is 10.5. The molecule has 0 saturated carbocycles. The summed E-state index contributed by atoms with van der Waals surface area (Å²) >= 11 is 0. The van der Waals surface area contributed by atoms with Crippen LogP contribution >= 0.6 is 0 Å². The van der Waals surface area contributed by atoms with Crippen LogP contribution in [0.3, 0.4) is 0 Å². The number of benzene rings is 2. The van der Waals surface area contributed by atoms with E-state index in [1.54, 1.807) is 24.3 Å². The lowest BCUT2D eigenvalue weighted by atomic mass is 10.2. The third-order valence-electron chi connectivity index (χ3n) is 3.48. The van der Waals surface area contributed by atoms with Crippen LogP contribution in [0.15, 0.2) is 48.5 Å². The van der Waals surface area contributed by atoms with Crippen LogP contribution < -0.4 is 15.5 Å². The highest BCUT2D eigenvalue weighted by molar-refractivity contribution is 5.92. The highest BCUT2D eigenvalue weighted by Crippen LogP contribution is 2.19. The van der Waals surface area contributed by atoms with E-state index in [2.05, 4.69) is 9.97 Å². The summed E-state index contributed by atoms with van der Waals surface area (Å²) in [4.78, 5) is 19.7. The number of carbonyl (C=O) groups is 1. The van der Waals surface area contributed by atoms with Gasteiger partial charge in [0.25, 0.3) is 5.82 Å². The summed E-state index contributed by atoms with van der Waals surface area (Å²) in [6.07, 6.45) is 0. The van der Waals surface area contributed by atoms with Crippen molar-refractivity contribution >= 4 is 22.7 Å². The van der Waals surface area contributed by atoms with Crippen molar-refractivity contribution in [1.82, 2.24) is 4.98 Å². The van der Waals surface area contributed by atoms with E-state index in [1.807, 2.05) is 31.2 Å². The largest absolute Gasteiger partial charge is 0.493 e. The van der Waals surface area contributed by atoms with Gasteiger partial charge in [-0.3, -0.25) is 0 Å². The van der Waals surface area contributed by atoms with Crippen LogP contribution in [0.1, 0.15) is 23.1 Å². The Kier molecular flexibility index (Phi) is 4.56. The molecule has 0 unspecified atom stereocenters. The van der Waals surface area contributed by atoms with Gasteiger partial charge < -0.3 is 15.2 Å². The maximum Gasteiger partial charge on any atom is 0.342 e. The number of nitrogens with two attached hydrogens (primary N) is 1. The monoisotopic (exact) mass is 324 g/mol. The van der Waals surface area contributed by atoms with E-state index in [0.717, 1.165) is 10.9 Å². The number of esters is 1. The first-order chi connectivity index (χ1) is 11.7. The van der Waals surface area contributed by atoms with Crippen LogP contribution in [-0.2, 0) is 11.3 Å². The number of nitrogen functional groups attached to an aromatic ring is 1. The molecule has 0 bridgehead atoms. The van der Waals surface area contributed by atoms with Gasteiger partial charge in [0.2, 0.25) is 5.82 Å². The third kappa shape index (κ3) is 3.27. The molecule has 0 aliphatic carbocycles. The summed E-state index contributed by atoms with van der Waals surface area (Å²) < 4.78 is 10.8. The number of nitrogens with one attached hydrogen (secondary N) is 1. The first-order valence-electron chi connectivity index (χ1n) is 7.64. The van der Waals surface area contributed by atoms with E-state index in [4.69, 9.17) is 15.2 Å². The SMILES string of the molecule is CCOc1ccccc1C(=O)OCc1nc2ccccc2c(N)[nH+]1. The van der Waals surface area contributed by atoms with Gasteiger partial charge in [-0.05, 0) is 31.2 Å².